The van der Waals surface area contributed by atoms with Crippen LogP contribution in [0.25, 0.3) is 5.52 Å². The van der Waals surface area contributed by atoms with Gasteiger partial charge in [-0.15, -0.1) is 5.10 Å². The number of nitrogens with two attached hydrogens (primary N) is 1. The number of nitrogen functional groups attached to an aromatic ring is 1. The fraction of sp³-hybridized carbons (Fsp3) is 0.588. The molecule has 0 spiro atoms. The Bertz CT molecular complexity index is 669. The minimum absolute atomic E-state index is 0.775. The summed E-state index contributed by atoms with van der Waals surface area (Å²) in [6.07, 6.45) is 3.49. The van der Waals surface area contributed by atoms with E-state index in [0.717, 1.165) is 60.5 Å². The maximum absolute atomic E-state index is 6.30. The van der Waals surface area contributed by atoms with Crippen LogP contribution in [0.1, 0.15) is 31.5 Å². The molecule has 120 valence electrons. The highest BCUT2D eigenvalue weighted by Gasteiger charge is 2.20. The topological polar surface area (TPSA) is 55.4 Å². The first-order chi connectivity index (χ1) is 10.6. The SMILES string of the molecule is CC[N+](C)(CC)CCNc1nn2c3c(ccc2c1N)CCC3. The van der Waals surface area contributed by atoms with Gasteiger partial charge in [-0.1, -0.05) is 6.07 Å². The molecule has 0 fully saturated rings. The molecule has 0 atom stereocenters. The molecule has 2 aromatic rings. The van der Waals surface area contributed by atoms with Crippen LogP contribution < -0.4 is 11.1 Å². The summed E-state index contributed by atoms with van der Waals surface area (Å²) in [5.74, 6) is 0.832. The molecule has 0 aliphatic heterocycles. The van der Waals surface area contributed by atoms with Crippen molar-refractivity contribution in [2.24, 2.45) is 0 Å². The fourth-order valence-corrected chi connectivity index (χ4v) is 3.28. The van der Waals surface area contributed by atoms with Crippen LogP contribution in [-0.4, -0.2) is 47.3 Å². The van der Waals surface area contributed by atoms with E-state index in [9.17, 15) is 0 Å². The van der Waals surface area contributed by atoms with Gasteiger partial charge >= 0.3 is 0 Å². The number of likely N-dealkylation sites (N-methyl/N-ethyl adjacent to an activating group) is 1. The Hall–Kier alpha value is -1.75. The van der Waals surface area contributed by atoms with Crippen LogP contribution >= 0.6 is 0 Å². The van der Waals surface area contributed by atoms with Crippen molar-refractivity contribution >= 4 is 17.0 Å². The lowest BCUT2D eigenvalue weighted by atomic mass is 10.2. The molecular formula is C17H28N5+. The fourth-order valence-electron chi connectivity index (χ4n) is 3.28. The summed E-state index contributed by atoms with van der Waals surface area (Å²) in [7, 11) is 2.29. The van der Waals surface area contributed by atoms with Crippen molar-refractivity contribution < 1.29 is 4.48 Å². The average Bonchev–Trinajstić information content (AvgIpc) is 3.12. The van der Waals surface area contributed by atoms with Gasteiger partial charge in [0.05, 0.1) is 38.7 Å². The third kappa shape index (κ3) is 2.54. The second-order valence-electron chi connectivity index (χ2n) is 6.62. The summed E-state index contributed by atoms with van der Waals surface area (Å²) >= 11 is 0. The molecule has 5 nitrogen and oxygen atoms in total. The van der Waals surface area contributed by atoms with Gasteiger partial charge in [0.25, 0.3) is 0 Å². The third-order valence-electron chi connectivity index (χ3n) is 5.36. The molecular weight excluding hydrogens is 274 g/mol. The number of anilines is 2. The summed E-state index contributed by atoms with van der Waals surface area (Å²) < 4.78 is 3.11. The Morgan fingerprint density at radius 1 is 1.27 bits per heavy atom. The van der Waals surface area contributed by atoms with Crippen LogP contribution in [0.3, 0.4) is 0 Å². The van der Waals surface area contributed by atoms with E-state index < -0.39 is 0 Å². The molecule has 3 rings (SSSR count). The third-order valence-corrected chi connectivity index (χ3v) is 5.36. The van der Waals surface area contributed by atoms with Gasteiger partial charge in [0.15, 0.2) is 5.82 Å². The second-order valence-corrected chi connectivity index (χ2v) is 6.62. The number of quaternary nitrogens is 1. The summed E-state index contributed by atoms with van der Waals surface area (Å²) in [4.78, 5) is 0. The van der Waals surface area contributed by atoms with Gasteiger partial charge in [-0.2, -0.15) is 0 Å². The Balaban J connectivity index is 1.79. The molecule has 22 heavy (non-hydrogen) atoms. The van der Waals surface area contributed by atoms with E-state index in [0.29, 0.717) is 0 Å². The van der Waals surface area contributed by atoms with Gasteiger partial charge in [-0.25, -0.2) is 4.52 Å². The van der Waals surface area contributed by atoms with Crippen molar-refractivity contribution in [3.63, 3.8) is 0 Å². The van der Waals surface area contributed by atoms with E-state index in [1.165, 1.54) is 17.7 Å². The number of pyridine rings is 1. The second kappa shape index (κ2) is 5.80. The molecule has 0 radical (unpaired) electrons. The molecule has 2 aromatic heterocycles. The zero-order valence-corrected chi connectivity index (χ0v) is 14.0. The molecule has 0 unspecified atom stereocenters. The molecule has 1 aliphatic carbocycles. The number of nitrogens with zero attached hydrogens (tertiary/aromatic N) is 3. The van der Waals surface area contributed by atoms with Gasteiger partial charge in [-0.3, -0.25) is 0 Å². The predicted octanol–water partition coefficient (Wildman–Crippen LogP) is 2.30. The lowest BCUT2D eigenvalue weighted by molar-refractivity contribution is -0.904. The Morgan fingerprint density at radius 3 is 2.77 bits per heavy atom. The van der Waals surface area contributed by atoms with E-state index in [1.54, 1.807) is 0 Å². The normalized spacial score (nSPS) is 14.5. The van der Waals surface area contributed by atoms with Crippen LogP contribution in [0, 0.1) is 0 Å². The quantitative estimate of drug-likeness (QED) is 0.805. The minimum atomic E-state index is 0.775. The summed E-state index contributed by atoms with van der Waals surface area (Å²) in [6, 6.07) is 4.32. The van der Waals surface area contributed by atoms with Crippen molar-refractivity contribution in [3.8, 4) is 0 Å². The maximum Gasteiger partial charge on any atom is 0.172 e. The highest BCUT2D eigenvalue weighted by atomic mass is 15.3. The van der Waals surface area contributed by atoms with Gasteiger partial charge in [-0.05, 0) is 44.7 Å². The molecule has 1 aliphatic rings. The lowest BCUT2D eigenvalue weighted by Crippen LogP contribution is -2.46. The summed E-state index contributed by atoms with van der Waals surface area (Å²) in [5.41, 5.74) is 10.9. The highest BCUT2D eigenvalue weighted by Crippen LogP contribution is 2.29. The zero-order chi connectivity index (χ0) is 15.7. The van der Waals surface area contributed by atoms with Crippen molar-refractivity contribution in [3.05, 3.63) is 23.4 Å². The molecule has 0 bridgehead atoms. The van der Waals surface area contributed by atoms with Gasteiger partial charge in [0, 0.05) is 5.69 Å². The van der Waals surface area contributed by atoms with Gasteiger partial charge in [0.1, 0.15) is 5.69 Å². The van der Waals surface area contributed by atoms with E-state index in [2.05, 4.69) is 38.3 Å². The van der Waals surface area contributed by atoms with E-state index in [1.807, 2.05) is 4.52 Å². The van der Waals surface area contributed by atoms with E-state index in [4.69, 9.17) is 10.8 Å². The van der Waals surface area contributed by atoms with Crippen molar-refractivity contribution in [2.75, 3.05) is 44.3 Å². The highest BCUT2D eigenvalue weighted by molar-refractivity contribution is 5.81. The number of hydrogen-bond acceptors (Lipinski definition) is 3. The molecule has 0 aromatic carbocycles. The van der Waals surface area contributed by atoms with Crippen LogP contribution in [-0.2, 0) is 12.8 Å². The minimum Gasteiger partial charge on any atom is -0.394 e. The van der Waals surface area contributed by atoms with Gasteiger partial charge < -0.3 is 15.5 Å². The first-order valence-corrected chi connectivity index (χ1v) is 8.44. The van der Waals surface area contributed by atoms with E-state index in [-0.39, 0.29) is 0 Å². The summed E-state index contributed by atoms with van der Waals surface area (Å²) in [5, 5.41) is 8.17. The Labute approximate surface area is 132 Å². The number of fused-ring (bicyclic) bond motifs is 3. The van der Waals surface area contributed by atoms with E-state index >= 15 is 0 Å². The molecule has 2 heterocycles. The number of hydrogen-bond donors (Lipinski definition) is 2. The Morgan fingerprint density at radius 2 is 2.05 bits per heavy atom. The molecule has 5 heteroatoms. The first kappa shape index (κ1) is 15.2. The molecule has 0 amide bonds. The molecule has 0 saturated heterocycles. The maximum atomic E-state index is 6.30. The average molecular weight is 302 g/mol. The Kier molecular flexibility index (Phi) is 4.00. The zero-order valence-electron chi connectivity index (χ0n) is 14.0. The van der Waals surface area contributed by atoms with Gasteiger partial charge in [0.2, 0.25) is 0 Å². The van der Waals surface area contributed by atoms with Crippen molar-refractivity contribution in [1.82, 2.24) is 9.61 Å². The van der Waals surface area contributed by atoms with Crippen LogP contribution in [0.15, 0.2) is 12.1 Å². The molecule has 3 N–H and O–H groups in total. The lowest BCUT2D eigenvalue weighted by Gasteiger charge is -2.32. The number of aromatic nitrogens is 2. The monoisotopic (exact) mass is 302 g/mol. The largest absolute Gasteiger partial charge is 0.394 e. The summed E-state index contributed by atoms with van der Waals surface area (Å²) in [6.45, 7) is 8.75. The first-order valence-electron chi connectivity index (χ1n) is 8.44. The van der Waals surface area contributed by atoms with Crippen molar-refractivity contribution in [1.29, 1.82) is 0 Å². The number of nitrogens with one attached hydrogen (secondary N) is 1. The number of aryl methyl sites for hydroxylation is 2. The van der Waals surface area contributed by atoms with Crippen LogP contribution in [0.5, 0.6) is 0 Å². The smallest absolute Gasteiger partial charge is 0.172 e. The molecule has 0 saturated carbocycles. The standard InChI is InChI=1S/C17H28N5/c1-4-22(3,5-2)12-11-19-17-16(18)15-10-9-13-7-6-8-14(13)21(15)20-17/h9-10H,4-8,11-12,18H2,1-3H3,(H,19,20)/q+1. The van der Waals surface area contributed by atoms with Crippen LogP contribution in [0.2, 0.25) is 0 Å². The predicted molar refractivity (Wildman–Crippen MR) is 92.3 cm³/mol. The van der Waals surface area contributed by atoms with Crippen molar-refractivity contribution in [2.45, 2.75) is 33.1 Å². The van der Waals surface area contributed by atoms with Crippen LogP contribution in [0.4, 0.5) is 11.5 Å². The number of rotatable bonds is 6.